The van der Waals surface area contributed by atoms with E-state index in [4.69, 9.17) is 5.73 Å². The van der Waals surface area contributed by atoms with Gasteiger partial charge in [-0.1, -0.05) is 19.9 Å². The molecule has 2 aromatic heterocycles. The van der Waals surface area contributed by atoms with Crippen LogP contribution in [-0.4, -0.2) is 16.0 Å². The first-order chi connectivity index (χ1) is 9.08. The number of pyridine rings is 1. The Morgan fingerprint density at radius 1 is 1.47 bits per heavy atom. The summed E-state index contributed by atoms with van der Waals surface area (Å²) in [6, 6.07) is 3.23. The number of carbonyl (C=O) groups excluding carboxylic acids is 1. The fraction of sp³-hybridized carbons (Fsp3) is 0.308. The first kappa shape index (κ1) is 13.5. The molecule has 0 atom stereocenters. The molecule has 6 heteroatoms. The molecule has 0 fully saturated rings. The first-order valence-electron chi connectivity index (χ1n) is 5.99. The Morgan fingerprint density at radius 2 is 2.26 bits per heavy atom. The maximum absolute atomic E-state index is 11.6. The third-order valence-corrected chi connectivity index (χ3v) is 3.96. The molecule has 0 bridgehead atoms. The van der Waals surface area contributed by atoms with Gasteiger partial charge in [0.15, 0.2) is 5.13 Å². The largest absolute Gasteiger partial charge is 0.351 e. The second kappa shape index (κ2) is 5.79. The van der Waals surface area contributed by atoms with E-state index in [0.717, 1.165) is 10.4 Å². The van der Waals surface area contributed by atoms with Crippen LogP contribution in [0.25, 0.3) is 0 Å². The average Bonchev–Trinajstić information content (AvgIpc) is 2.86. The van der Waals surface area contributed by atoms with Gasteiger partial charge in [0.25, 0.3) is 0 Å². The number of hydrogen-bond donors (Lipinski definition) is 1. The van der Waals surface area contributed by atoms with Crippen LogP contribution in [-0.2, 0) is 6.54 Å². The third kappa shape index (κ3) is 3.29. The monoisotopic (exact) mass is 276 g/mol. The van der Waals surface area contributed by atoms with Crippen molar-refractivity contribution in [2.45, 2.75) is 26.3 Å². The fourth-order valence-electron chi connectivity index (χ4n) is 1.58. The molecule has 100 valence electrons. The number of carbonyl (C=O) groups is 1. The molecule has 19 heavy (non-hydrogen) atoms. The van der Waals surface area contributed by atoms with Gasteiger partial charge in [-0.05, 0) is 17.5 Å². The molecule has 0 saturated carbocycles. The minimum Gasteiger partial charge on any atom is -0.351 e. The SMILES string of the molecule is CC(C)c1cnc(N(Cc2cccnc2)C(N)=O)s1. The number of hydrogen-bond acceptors (Lipinski definition) is 4. The highest BCUT2D eigenvalue weighted by molar-refractivity contribution is 7.15. The number of thiazole rings is 1. The molecule has 0 spiro atoms. The van der Waals surface area contributed by atoms with Crippen LogP contribution >= 0.6 is 11.3 Å². The smallest absolute Gasteiger partial charge is 0.321 e. The molecule has 0 aliphatic carbocycles. The van der Waals surface area contributed by atoms with Crippen molar-refractivity contribution < 1.29 is 4.79 Å². The summed E-state index contributed by atoms with van der Waals surface area (Å²) < 4.78 is 0. The Labute approximate surface area is 116 Å². The minimum atomic E-state index is -0.506. The molecule has 0 aliphatic rings. The molecule has 2 amide bonds. The van der Waals surface area contributed by atoms with E-state index < -0.39 is 6.03 Å². The zero-order valence-corrected chi connectivity index (χ0v) is 11.7. The normalized spacial score (nSPS) is 10.7. The van der Waals surface area contributed by atoms with E-state index in [-0.39, 0.29) is 0 Å². The van der Waals surface area contributed by atoms with E-state index in [1.54, 1.807) is 18.6 Å². The van der Waals surface area contributed by atoms with Gasteiger partial charge in [0.2, 0.25) is 0 Å². The molecule has 2 N–H and O–H groups in total. The van der Waals surface area contributed by atoms with Crippen LogP contribution in [0.4, 0.5) is 9.93 Å². The summed E-state index contributed by atoms with van der Waals surface area (Å²) in [5.74, 6) is 0.388. The molecule has 2 rings (SSSR count). The molecule has 0 radical (unpaired) electrons. The summed E-state index contributed by atoms with van der Waals surface area (Å²) >= 11 is 1.49. The van der Waals surface area contributed by atoms with E-state index in [1.807, 2.05) is 12.1 Å². The van der Waals surface area contributed by atoms with Gasteiger partial charge in [0.1, 0.15) is 0 Å². The molecule has 5 nitrogen and oxygen atoms in total. The average molecular weight is 276 g/mol. The molecule has 0 aliphatic heterocycles. The molecule has 0 aromatic carbocycles. The molecule has 2 aromatic rings. The predicted molar refractivity (Wildman–Crippen MR) is 76.2 cm³/mol. The van der Waals surface area contributed by atoms with Gasteiger partial charge in [0.05, 0.1) is 6.54 Å². The quantitative estimate of drug-likeness (QED) is 0.933. The lowest BCUT2D eigenvalue weighted by molar-refractivity contribution is 0.253. The van der Waals surface area contributed by atoms with Crippen LogP contribution in [0.15, 0.2) is 30.7 Å². The van der Waals surface area contributed by atoms with Crippen molar-refractivity contribution in [3.8, 4) is 0 Å². The van der Waals surface area contributed by atoms with Crippen molar-refractivity contribution in [3.05, 3.63) is 41.2 Å². The Balaban J connectivity index is 2.22. The van der Waals surface area contributed by atoms with Crippen molar-refractivity contribution in [2.75, 3.05) is 4.90 Å². The Bertz CT molecular complexity index is 553. The lowest BCUT2D eigenvalue weighted by atomic mass is 10.2. The van der Waals surface area contributed by atoms with E-state index in [9.17, 15) is 4.79 Å². The zero-order chi connectivity index (χ0) is 13.8. The summed E-state index contributed by atoms with van der Waals surface area (Å²) in [6.45, 7) is 4.56. The van der Waals surface area contributed by atoms with Crippen molar-refractivity contribution in [3.63, 3.8) is 0 Å². The molecular weight excluding hydrogens is 260 g/mol. The number of nitrogens with two attached hydrogens (primary N) is 1. The predicted octanol–water partition coefficient (Wildman–Crippen LogP) is 2.75. The summed E-state index contributed by atoms with van der Waals surface area (Å²) in [4.78, 5) is 22.5. The zero-order valence-electron chi connectivity index (χ0n) is 10.9. The summed E-state index contributed by atoms with van der Waals surface area (Å²) in [5, 5.41) is 0.625. The van der Waals surface area contributed by atoms with Gasteiger partial charge in [-0.3, -0.25) is 9.88 Å². The van der Waals surface area contributed by atoms with E-state index in [2.05, 4.69) is 23.8 Å². The van der Waals surface area contributed by atoms with E-state index in [1.165, 1.54) is 16.2 Å². The number of primary amides is 1. The number of urea groups is 1. The van der Waals surface area contributed by atoms with Crippen LogP contribution in [0.3, 0.4) is 0 Å². The van der Waals surface area contributed by atoms with Gasteiger partial charge in [-0.2, -0.15) is 0 Å². The van der Waals surface area contributed by atoms with Crippen LogP contribution in [0.5, 0.6) is 0 Å². The highest BCUT2D eigenvalue weighted by Crippen LogP contribution is 2.28. The highest BCUT2D eigenvalue weighted by atomic mass is 32.1. The van der Waals surface area contributed by atoms with Crippen LogP contribution in [0.2, 0.25) is 0 Å². The Hall–Kier alpha value is -1.95. The maximum atomic E-state index is 11.6. The first-order valence-corrected chi connectivity index (χ1v) is 6.81. The number of aromatic nitrogens is 2. The van der Waals surface area contributed by atoms with Gasteiger partial charge < -0.3 is 5.73 Å². The number of rotatable bonds is 4. The fourth-order valence-corrected chi connectivity index (χ4v) is 2.50. The molecule has 2 heterocycles. The topological polar surface area (TPSA) is 72.1 Å². The van der Waals surface area contributed by atoms with E-state index in [0.29, 0.717) is 17.6 Å². The maximum Gasteiger partial charge on any atom is 0.321 e. The Morgan fingerprint density at radius 3 is 2.79 bits per heavy atom. The van der Waals surface area contributed by atoms with Gasteiger partial charge in [-0.15, -0.1) is 11.3 Å². The standard InChI is InChI=1S/C13H16N4OS/c1-9(2)11-7-16-13(19-11)17(12(14)18)8-10-4-3-5-15-6-10/h3-7,9H,8H2,1-2H3,(H2,14,18). The van der Waals surface area contributed by atoms with Gasteiger partial charge in [0, 0.05) is 23.5 Å². The number of anilines is 1. The van der Waals surface area contributed by atoms with Crippen molar-refractivity contribution >= 4 is 22.5 Å². The Kier molecular flexibility index (Phi) is 4.11. The second-order valence-corrected chi connectivity index (χ2v) is 5.53. The minimum absolute atomic E-state index is 0.383. The van der Waals surface area contributed by atoms with Gasteiger partial charge in [-0.25, -0.2) is 9.78 Å². The summed E-state index contributed by atoms with van der Waals surface area (Å²) in [5.41, 5.74) is 6.35. The van der Waals surface area contributed by atoms with Crippen molar-refractivity contribution in [1.29, 1.82) is 0 Å². The molecule has 0 unspecified atom stereocenters. The highest BCUT2D eigenvalue weighted by Gasteiger charge is 2.17. The number of nitrogens with zero attached hydrogens (tertiary/aromatic N) is 3. The van der Waals surface area contributed by atoms with Crippen LogP contribution < -0.4 is 10.6 Å². The lowest BCUT2D eigenvalue weighted by Gasteiger charge is -2.16. The van der Waals surface area contributed by atoms with Crippen LogP contribution in [0.1, 0.15) is 30.2 Å². The lowest BCUT2D eigenvalue weighted by Crippen LogP contribution is -2.35. The summed E-state index contributed by atoms with van der Waals surface area (Å²) in [6.07, 6.45) is 5.20. The molecule has 0 saturated heterocycles. The summed E-state index contributed by atoms with van der Waals surface area (Å²) in [7, 11) is 0. The molecular formula is C13H16N4OS. The van der Waals surface area contributed by atoms with Crippen molar-refractivity contribution in [2.24, 2.45) is 5.73 Å². The van der Waals surface area contributed by atoms with Crippen molar-refractivity contribution in [1.82, 2.24) is 9.97 Å². The van der Waals surface area contributed by atoms with E-state index >= 15 is 0 Å². The number of amides is 2. The third-order valence-electron chi connectivity index (χ3n) is 2.64. The second-order valence-electron chi connectivity index (χ2n) is 4.49. The van der Waals surface area contributed by atoms with Crippen LogP contribution in [0, 0.1) is 0 Å². The van der Waals surface area contributed by atoms with Gasteiger partial charge >= 0.3 is 6.03 Å².